The Balaban J connectivity index is 2.46. The van der Waals surface area contributed by atoms with Crippen molar-refractivity contribution in [3.8, 4) is 0 Å². The number of nitrogens with two attached hydrogens (primary N) is 1. The van der Waals surface area contributed by atoms with Crippen molar-refractivity contribution in [2.45, 2.75) is 18.7 Å². The normalized spacial score (nSPS) is 11.6. The highest BCUT2D eigenvalue weighted by atomic mass is 32.2. The largest absolute Gasteiger partial charge is 0.384 e. The van der Waals surface area contributed by atoms with Crippen LogP contribution in [0, 0.1) is 19.3 Å². The molecule has 2 heterocycles. The second kappa shape index (κ2) is 4.63. The third-order valence-corrected chi connectivity index (χ3v) is 4.48. The molecule has 0 aliphatic rings. The summed E-state index contributed by atoms with van der Waals surface area (Å²) < 4.78 is 28.6. The van der Waals surface area contributed by atoms with Crippen LogP contribution in [0.5, 0.6) is 0 Å². The molecule has 9 nitrogen and oxygen atoms in total. The summed E-state index contributed by atoms with van der Waals surface area (Å²) in [6, 6.07) is 0. The smallest absolute Gasteiger partial charge is 0.266 e. The van der Waals surface area contributed by atoms with Crippen molar-refractivity contribution >= 4 is 21.7 Å². The number of hydrogen-bond donors (Lipinski definition) is 4. The summed E-state index contributed by atoms with van der Waals surface area (Å²) in [5, 5.41) is 17.6. The van der Waals surface area contributed by atoms with Gasteiger partial charge in [0.2, 0.25) is 0 Å². The fourth-order valence-electron chi connectivity index (χ4n) is 1.90. The number of amidine groups is 1. The van der Waals surface area contributed by atoms with Crippen LogP contribution in [0.3, 0.4) is 0 Å². The summed E-state index contributed by atoms with van der Waals surface area (Å²) in [6.45, 7) is 3.27. The van der Waals surface area contributed by atoms with Crippen molar-refractivity contribution in [1.29, 1.82) is 5.41 Å². The standard InChI is InChI=1S/C10H15N7O2S/c1-5-8(6(2)17(3)15-5)20(18,19)16-10-7(9(11)12)4-13-14-10/h4H,1-3H3,(H3,11,12)(H2,13,14,16). The summed E-state index contributed by atoms with van der Waals surface area (Å²) in [5.74, 6) is -0.226. The molecule has 10 heteroatoms. The molecule has 0 saturated heterocycles. The first kappa shape index (κ1) is 14.1. The average molecular weight is 297 g/mol. The Hall–Kier alpha value is -2.36. The van der Waals surface area contributed by atoms with Gasteiger partial charge in [0, 0.05) is 7.05 Å². The molecule has 2 aromatic rings. The lowest BCUT2D eigenvalue weighted by Gasteiger charge is -2.08. The second-order valence-electron chi connectivity index (χ2n) is 4.30. The van der Waals surface area contributed by atoms with E-state index in [0.29, 0.717) is 11.4 Å². The van der Waals surface area contributed by atoms with Crippen LogP contribution in [0.4, 0.5) is 5.82 Å². The molecule has 0 atom stereocenters. The third-order valence-electron chi connectivity index (χ3n) is 2.88. The lowest BCUT2D eigenvalue weighted by Crippen LogP contribution is -2.19. The molecule has 0 fully saturated rings. The number of rotatable bonds is 4. The Bertz CT molecular complexity index is 772. The fourth-order valence-corrected chi connectivity index (χ4v) is 3.37. The molecule has 0 aromatic carbocycles. The van der Waals surface area contributed by atoms with Gasteiger partial charge < -0.3 is 5.73 Å². The minimum Gasteiger partial charge on any atom is -0.384 e. The number of aromatic nitrogens is 4. The highest BCUT2D eigenvalue weighted by Crippen LogP contribution is 2.22. The highest BCUT2D eigenvalue weighted by Gasteiger charge is 2.25. The Morgan fingerprint density at radius 3 is 2.65 bits per heavy atom. The van der Waals surface area contributed by atoms with E-state index in [0.717, 1.165) is 0 Å². The number of hydrogen-bond acceptors (Lipinski definition) is 5. The van der Waals surface area contributed by atoms with Crippen molar-refractivity contribution < 1.29 is 8.42 Å². The molecule has 0 unspecified atom stereocenters. The van der Waals surface area contributed by atoms with Gasteiger partial charge in [0.05, 0.1) is 23.1 Å². The van der Waals surface area contributed by atoms with E-state index in [1.807, 2.05) is 0 Å². The highest BCUT2D eigenvalue weighted by molar-refractivity contribution is 7.92. The number of anilines is 1. The zero-order chi connectivity index (χ0) is 15.1. The zero-order valence-electron chi connectivity index (χ0n) is 11.2. The van der Waals surface area contributed by atoms with Gasteiger partial charge in [0.1, 0.15) is 16.5 Å². The van der Waals surface area contributed by atoms with E-state index < -0.39 is 10.0 Å². The maximum absolute atomic E-state index is 12.4. The van der Waals surface area contributed by atoms with Crippen LogP contribution in [-0.4, -0.2) is 34.2 Å². The molecule has 0 aliphatic heterocycles. The van der Waals surface area contributed by atoms with E-state index in [4.69, 9.17) is 11.1 Å². The van der Waals surface area contributed by atoms with Gasteiger partial charge in [-0.1, -0.05) is 0 Å². The number of aryl methyl sites for hydroxylation is 2. The number of nitrogens with zero attached hydrogens (tertiary/aromatic N) is 3. The molecular weight excluding hydrogens is 282 g/mol. The molecule has 0 saturated carbocycles. The summed E-state index contributed by atoms with van der Waals surface area (Å²) in [5.41, 5.74) is 6.44. The first-order chi connectivity index (χ1) is 9.24. The van der Waals surface area contributed by atoms with Crippen LogP contribution in [0.15, 0.2) is 11.1 Å². The molecule has 0 bridgehead atoms. The molecule has 2 aromatic heterocycles. The Morgan fingerprint density at radius 2 is 2.15 bits per heavy atom. The quantitative estimate of drug-likeness (QED) is 0.458. The van der Waals surface area contributed by atoms with E-state index in [-0.39, 0.29) is 22.1 Å². The molecule has 0 spiro atoms. The van der Waals surface area contributed by atoms with Gasteiger partial charge in [-0.2, -0.15) is 10.2 Å². The molecule has 5 N–H and O–H groups in total. The van der Waals surface area contributed by atoms with Crippen molar-refractivity contribution in [3.05, 3.63) is 23.1 Å². The van der Waals surface area contributed by atoms with Gasteiger partial charge in [-0.3, -0.25) is 19.9 Å². The van der Waals surface area contributed by atoms with Gasteiger partial charge in [-0.05, 0) is 13.8 Å². The van der Waals surface area contributed by atoms with Crippen LogP contribution in [-0.2, 0) is 17.1 Å². The van der Waals surface area contributed by atoms with Gasteiger partial charge >= 0.3 is 0 Å². The van der Waals surface area contributed by atoms with Crippen molar-refractivity contribution in [2.24, 2.45) is 12.8 Å². The molecule has 0 amide bonds. The van der Waals surface area contributed by atoms with Gasteiger partial charge in [0.25, 0.3) is 10.0 Å². The van der Waals surface area contributed by atoms with Crippen molar-refractivity contribution in [1.82, 2.24) is 20.0 Å². The lowest BCUT2D eigenvalue weighted by molar-refractivity contribution is 0.599. The van der Waals surface area contributed by atoms with E-state index in [1.165, 1.54) is 10.9 Å². The van der Waals surface area contributed by atoms with Crippen molar-refractivity contribution in [2.75, 3.05) is 4.72 Å². The maximum Gasteiger partial charge on any atom is 0.266 e. The van der Waals surface area contributed by atoms with E-state index in [1.54, 1.807) is 20.9 Å². The van der Waals surface area contributed by atoms with Gasteiger partial charge in [-0.25, -0.2) is 8.42 Å². The van der Waals surface area contributed by atoms with Crippen LogP contribution in [0.1, 0.15) is 17.0 Å². The summed E-state index contributed by atoms with van der Waals surface area (Å²) in [6.07, 6.45) is 1.28. The SMILES string of the molecule is Cc1nn(C)c(C)c1S(=O)(=O)Nc1[nH]ncc1C(=N)N. The zero-order valence-corrected chi connectivity index (χ0v) is 12.0. The van der Waals surface area contributed by atoms with Crippen LogP contribution < -0.4 is 10.5 Å². The number of sulfonamides is 1. The van der Waals surface area contributed by atoms with E-state index in [9.17, 15) is 8.42 Å². The Morgan fingerprint density at radius 1 is 1.50 bits per heavy atom. The maximum atomic E-state index is 12.4. The molecular formula is C10H15N7O2S. The number of H-pyrrole nitrogens is 1. The molecule has 2 rings (SSSR count). The number of aromatic amines is 1. The van der Waals surface area contributed by atoms with Gasteiger partial charge in [0.15, 0.2) is 0 Å². The summed E-state index contributed by atoms with van der Waals surface area (Å²) in [7, 11) is -2.17. The van der Waals surface area contributed by atoms with Crippen LogP contribution in [0.2, 0.25) is 0 Å². The number of nitrogens with one attached hydrogen (secondary N) is 3. The van der Waals surface area contributed by atoms with Gasteiger partial charge in [-0.15, -0.1) is 0 Å². The minimum absolute atomic E-state index is 0.0557. The topological polar surface area (TPSA) is 143 Å². The first-order valence-electron chi connectivity index (χ1n) is 5.65. The monoisotopic (exact) mass is 297 g/mol. The fraction of sp³-hybridized carbons (Fsp3) is 0.300. The Kier molecular flexibility index (Phi) is 3.26. The predicted molar refractivity (Wildman–Crippen MR) is 73.1 cm³/mol. The second-order valence-corrected chi connectivity index (χ2v) is 5.92. The Labute approximate surface area is 115 Å². The van der Waals surface area contributed by atoms with Crippen molar-refractivity contribution in [3.63, 3.8) is 0 Å². The van der Waals surface area contributed by atoms with E-state index >= 15 is 0 Å². The van der Waals surface area contributed by atoms with E-state index in [2.05, 4.69) is 20.0 Å². The number of nitrogen functional groups attached to an aromatic ring is 1. The van der Waals surface area contributed by atoms with Crippen LogP contribution >= 0.6 is 0 Å². The molecule has 108 valence electrons. The van der Waals surface area contributed by atoms with Crippen LogP contribution in [0.25, 0.3) is 0 Å². The average Bonchev–Trinajstić information content (AvgIpc) is 2.84. The minimum atomic E-state index is -3.84. The third kappa shape index (κ3) is 2.25. The summed E-state index contributed by atoms with van der Waals surface area (Å²) >= 11 is 0. The molecule has 20 heavy (non-hydrogen) atoms. The first-order valence-corrected chi connectivity index (χ1v) is 7.13. The summed E-state index contributed by atoms with van der Waals surface area (Å²) in [4.78, 5) is 0.101. The predicted octanol–water partition coefficient (Wildman–Crippen LogP) is -0.155. The lowest BCUT2D eigenvalue weighted by atomic mass is 10.3. The molecule has 0 aliphatic carbocycles. The molecule has 0 radical (unpaired) electrons.